The highest BCUT2D eigenvalue weighted by atomic mass is 16.3. The first kappa shape index (κ1) is 11.0. The fraction of sp³-hybridized carbons (Fsp3) is 1.00. The molecule has 0 aromatic carbocycles. The zero-order valence-corrected chi connectivity index (χ0v) is 9.51. The van der Waals surface area contributed by atoms with Crippen LogP contribution in [0.3, 0.4) is 0 Å². The second-order valence-corrected chi connectivity index (χ2v) is 5.72. The van der Waals surface area contributed by atoms with Crippen LogP contribution < -0.4 is 0 Å². The van der Waals surface area contributed by atoms with Gasteiger partial charge in [0.1, 0.15) is 0 Å². The third kappa shape index (κ3) is 2.98. The summed E-state index contributed by atoms with van der Waals surface area (Å²) >= 11 is 0. The summed E-state index contributed by atoms with van der Waals surface area (Å²) in [5.41, 5.74) is 0.462. The highest BCUT2D eigenvalue weighted by Gasteiger charge is 2.30. The van der Waals surface area contributed by atoms with E-state index < -0.39 is 0 Å². The Hall–Kier alpha value is -0.0400. The first-order chi connectivity index (χ1) is 5.91. The zero-order chi connectivity index (χ0) is 10.1. The van der Waals surface area contributed by atoms with Gasteiger partial charge < -0.3 is 5.11 Å². The minimum Gasteiger partial charge on any atom is -0.393 e. The van der Waals surface area contributed by atoms with Gasteiger partial charge in [-0.2, -0.15) is 0 Å². The molecule has 0 radical (unpaired) electrons. The Morgan fingerprint density at radius 3 is 1.85 bits per heavy atom. The fourth-order valence-corrected chi connectivity index (χ4v) is 2.47. The summed E-state index contributed by atoms with van der Waals surface area (Å²) < 4.78 is 0. The van der Waals surface area contributed by atoms with Gasteiger partial charge in [-0.05, 0) is 49.9 Å². The molecule has 1 rings (SSSR count). The molecule has 1 heteroatoms. The van der Waals surface area contributed by atoms with E-state index >= 15 is 0 Å². The number of aliphatic hydroxyl groups excluding tert-OH is 1. The smallest absolute Gasteiger partial charge is 0.0540 e. The molecule has 0 heterocycles. The predicted molar refractivity (Wildman–Crippen MR) is 56.6 cm³/mol. The van der Waals surface area contributed by atoms with Crippen molar-refractivity contribution in [3.05, 3.63) is 0 Å². The first-order valence-electron chi connectivity index (χ1n) is 5.59. The molecule has 0 aromatic heterocycles. The molecule has 1 N–H and O–H groups in total. The van der Waals surface area contributed by atoms with Crippen LogP contribution in [0.1, 0.15) is 53.4 Å². The van der Waals surface area contributed by atoms with Crippen molar-refractivity contribution in [1.82, 2.24) is 0 Å². The minimum atomic E-state index is -0.0964. The van der Waals surface area contributed by atoms with E-state index in [0.29, 0.717) is 11.3 Å². The van der Waals surface area contributed by atoms with Crippen LogP contribution in [-0.4, -0.2) is 11.2 Å². The maximum atomic E-state index is 9.47. The average molecular weight is 184 g/mol. The van der Waals surface area contributed by atoms with Crippen molar-refractivity contribution in [2.45, 2.75) is 59.5 Å². The van der Waals surface area contributed by atoms with Crippen LogP contribution in [0.2, 0.25) is 0 Å². The Kier molecular flexibility index (Phi) is 3.39. The topological polar surface area (TPSA) is 20.2 Å². The largest absolute Gasteiger partial charge is 0.393 e. The molecule has 0 spiro atoms. The number of hydrogen-bond acceptors (Lipinski definition) is 1. The molecular formula is C12H24O. The number of aliphatic hydroxyl groups is 1. The molecule has 0 aromatic rings. The summed E-state index contributed by atoms with van der Waals surface area (Å²) in [5, 5.41) is 9.47. The van der Waals surface area contributed by atoms with E-state index in [1.165, 1.54) is 25.7 Å². The van der Waals surface area contributed by atoms with Crippen LogP contribution in [0, 0.1) is 17.3 Å². The van der Waals surface area contributed by atoms with Crippen LogP contribution in [-0.2, 0) is 0 Å². The Balaban J connectivity index is 2.39. The van der Waals surface area contributed by atoms with E-state index in [2.05, 4.69) is 20.8 Å². The van der Waals surface area contributed by atoms with Crippen molar-refractivity contribution >= 4 is 0 Å². The minimum absolute atomic E-state index is 0.0964. The van der Waals surface area contributed by atoms with Crippen molar-refractivity contribution in [2.75, 3.05) is 0 Å². The molecule has 1 fully saturated rings. The molecule has 0 saturated heterocycles. The van der Waals surface area contributed by atoms with Crippen LogP contribution in [0.15, 0.2) is 0 Å². The fourth-order valence-electron chi connectivity index (χ4n) is 2.47. The van der Waals surface area contributed by atoms with Gasteiger partial charge in [0.2, 0.25) is 0 Å². The van der Waals surface area contributed by atoms with E-state index in [4.69, 9.17) is 0 Å². The lowest BCUT2D eigenvalue weighted by molar-refractivity contribution is 0.0647. The van der Waals surface area contributed by atoms with Crippen LogP contribution in [0.4, 0.5) is 0 Å². The Bertz CT molecular complexity index is 147. The van der Waals surface area contributed by atoms with Crippen molar-refractivity contribution < 1.29 is 5.11 Å². The number of rotatable bonds is 1. The van der Waals surface area contributed by atoms with Crippen molar-refractivity contribution in [1.29, 1.82) is 0 Å². The lowest BCUT2D eigenvalue weighted by Gasteiger charge is -2.37. The molecule has 78 valence electrons. The van der Waals surface area contributed by atoms with E-state index in [0.717, 1.165) is 5.92 Å². The molecule has 1 nitrogen and oxygen atoms in total. The Morgan fingerprint density at radius 1 is 1.08 bits per heavy atom. The molecule has 0 aliphatic heterocycles. The van der Waals surface area contributed by atoms with Gasteiger partial charge >= 0.3 is 0 Å². The van der Waals surface area contributed by atoms with Crippen molar-refractivity contribution in [3.63, 3.8) is 0 Å². The summed E-state index contributed by atoms with van der Waals surface area (Å²) in [6.45, 7) is 8.93. The lowest BCUT2D eigenvalue weighted by atomic mass is 9.69. The van der Waals surface area contributed by atoms with Crippen LogP contribution in [0.5, 0.6) is 0 Å². The molecular weight excluding hydrogens is 160 g/mol. The lowest BCUT2D eigenvalue weighted by Crippen LogP contribution is -2.29. The van der Waals surface area contributed by atoms with Crippen molar-refractivity contribution in [3.8, 4) is 0 Å². The maximum absolute atomic E-state index is 9.47. The quantitative estimate of drug-likeness (QED) is 0.663. The van der Waals surface area contributed by atoms with Gasteiger partial charge in [0, 0.05) is 0 Å². The molecule has 1 saturated carbocycles. The van der Waals surface area contributed by atoms with E-state index in [9.17, 15) is 5.11 Å². The zero-order valence-electron chi connectivity index (χ0n) is 9.51. The summed E-state index contributed by atoms with van der Waals surface area (Å²) in [7, 11) is 0. The summed E-state index contributed by atoms with van der Waals surface area (Å²) in [5.74, 6) is 1.43. The van der Waals surface area contributed by atoms with Gasteiger partial charge in [0.25, 0.3) is 0 Å². The predicted octanol–water partition coefficient (Wildman–Crippen LogP) is 3.22. The molecule has 0 bridgehead atoms. The van der Waals surface area contributed by atoms with Gasteiger partial charge in [-0.1, -0.05) is 20.8 Å². The SMILES string of the molecule is CC(O)[C@H]1CC[C@H](C(C)(C)C)CC1. The molecule has 1 atom stereocenters. The van der Waals surface area contributed by atoms with Gasteiger partial charge in [-0.15, -0.1) is 0 Å². The standard InChI is InChI=1S/C12H24O/c1-9(13)10-5-7-11(8-6-10)12(2,3)4/h9-11,13H,5-8H2,1-4H3/t9?,10-,11-. The molecule has 1 aliphatic carbocycles. The monoisotopic (exact) mass is 184 g/mol. The maximum Gasteiger partial charge on any atom is 0.0540 e. The van der Waals surface area contributed by atoms with Gasteiger partial charge in [-0.25, -0.2) is 0 Å². The average Bonchev–Trinajstić information content (AvgIpc) is 2.03. The molecule has 1 aliphatic rings. The second-order valence-electron chi connectivity index (χ2n) is 5.72. The molecule has 13 heavy (non-hydrogen) atoms. The van der Waals surface area contributed by atoms with Crippen LogP contribution >= 0.6 is 0 Å². The Morgan fingerprint density at radius 2 is 1.54 bits per heavy atom. The third-order valence-corrected chi connectivity index (χ3v) is 3.68. The molecule has 0 amide bonds. The highest BCUT2D eigenvalue weighted by Crippen LogP contribution is 2.40. The second kappa shape index (κ2) is 4.00. The van der Waals surface area contributed by atoms with Gasteiger partial charge in [-0.3, -0.25) is 0 Å². The van der Waals surface area contributed by atoms with Gasteiger partial charge in [0.05, 0.1) is 6.10 Å². The van der Waals surface area contributed by atoms with E-state index in [-0.39, 0.29) is 6.10 Å². The summed E-state index contributed by atoms with van der Waals surface area (Å²) in [6, 6.07) is 0. The highest BCUT2D eigenvalue weighted by molar-refractivity contribution is 4.81. The third-order valence-electron chi connectivity index (χ3n) is 3.68. The van der Waals surface area contributed by atoms with Gasteiger partial charge in [0.15, 0.2) is 0 Å². The van der Waals surface area contributed by atoms with Crippen molar-refractivity contribution in [2.24, 2.45) is 17.3 Å². The number of hydrogen-bond donors (Lipinski definition) is 1. The van der Waals surface area contributed by atoms with E-state index in [1.807, 2.05) is 6.92 Å². The Labute approximate surface area is 82.5 Å². The summed E-state index contributed by atoms with van der Waals surface area (Å²) in [4.78, 5) is 0. The molecule has 1 unspecified atom stereocenters. The first-order valence-corrected chi connectivity index (χ1v) is 5.59. The summed E-state index contributed by atoms with van der Waals surface area (Å²) in [6.07, 6.45) is 4.96. The van der Waals surface area contributed by atoms with E-state index in [1.54, 1.807) is 0 Å². The normalized spacial score (nSPS) is 33.0. The van der Waals surface area contributed by atoms with Crippen LogP contribution in [0.25, 0.3) is 0 Å².